The van der Waals surface area contributed by atoms with E-state index < -0.39 is 0 Å². The number of rotatable bonds is 4. The van der Waals surface area contributed by atoms with Crippen molar-refractivity contribution in [3.05, 3.63) is 78.5 Å². The molecule has 1 aliphatic rings. The van der Waals surface area contributed by atoms with Gasteiger partial charge in [0.05, 0.1) is 5.69 Å². The van der Waals surface area contributed by atoms with Crippen molar-refractivity contribution in [2.75, 3.05) is 43.4 Å². The van der Waals surface area contributed by atoms with Crippen LogP contribution in [0.2, 0.25) is 0 Å². The number of hydrogen-bond acceptors (Lipinski definition) is 4. The number of carbonyl (C=O) groups excluding carboxylic acids is 1. The van der Waals surface area contributed by atoms with Crippen LogP contribution in [0, 0.1) is 0 Å². The Kier molecular flexibility index (Phi) is 5.35. The number of anilines is 2. The van der Waals surface area contributed by atoms with Crippen molar-refractivity contribution in [2.45, 2.75) is 0 Å². The Morgan fingerprint density at radius 1 is 0.857 bits per heavy atom. The number of likely N-dealkylation sites (N-methyl/N-ethyl adjacent to an activating group) is 1. The highest BCUT2D eigenvalue weighted by atomic mass is 16.1. The molecule has 0 unspecified atom stereocenters. The van der Waals surface area contributed by atoms with Crippen LogP contribution in [0.15, 0.2) is 72.8 Å². The van der Waals surface area contributed by atoms with Gasteiger partial charge in [-0.3, -0.25) is 4.79 Å². The highest BCUT2D eigenvalue weighted by Crippen LogP contribution is 2.23. The molecule has 1 fully saturated rings. The lowest BCUT2D eigenvalue weighted by molar-refractivity contribution is 0.102. The summed E-state index contributed by atoms with van der Waals surface area (Å²) in [6, 6.07) is 23.4. The quantitative estimate of drug-likeness (QED) is 0.758. The Labute approximate surface area is 165 Å². The van der Waals surface area contributed by atoms with Gasteiger partial charge in [-0.1, -0.05) is 36.4 Å². The molecular formula is C23H24N4O. The van der Waals surface area contributed by atoms with Gasteiger partial charge in [0.15, 0.2) is 0 Å². The molecule has 5 nitrogen and oxygen atoms in total. The summed E-state index contributed by atoms with van der Waals surface area (Å²) in [6.07, 6.45) is 0. The second-order valence-electron chi connectivity index (χ2n) is 7.07. The van der Waals surface area contributed by atoms with Crippen LogP contribution in [0.25, 0.3) is 11.3 Å². The lowest BCUT2D eigenvalue weighted by Gasteiger charge is -2.34. The molecule has 5 heteroatoms. The molecule has 1 saturated heterocycles. The molecule has 0 aliphatic carbocycles. The van der Waals surface area contributed by atoms with Crippen LogP contribution in [0.5, 0.6) is 0 Å². The van der Waals surface area contributed by atoms with Gasteiger partial charge >= 0.3 is 0 Å². The fourth-order valence-corrected chi connectivity index (χ4v) is 3.35. The van der Waals surface area contributed by atoms with Crippen LogP contribution in [-0.4, -0.2) is 49.0 Å². The fourth-order valence-electron chi connectivity index (χ4n) is 3.35. The zero-order valence-corrected chi connectivity index (χ0v) is 16.0. The highest BCUT2D eigenvalue weighted by Gasteiger charge is 2.14. The Balaban J connectivity index is 1.49. The highest BCUT2D eigenvalue weighted by molar-refractivity contribution is 6.03. The van der Waals surface area contributed by atoms with Gasteiger partial charge in [0.2, 0.25) is 0 Å². The summed E-state index contributed by atoms with van der Waals surface area (Å²) in [5.74, 6) is -0.206. The first-order chi connectivity index (χ1) is 13.7. The van der Waals surface area contributed by atoms with Crippen molar-refractivity contribution < 1.29 is 4.79 Å². The normalized spacial score (nSPS) is 14.7. The molecule has 0 bridgehead atoms. The topological polar surface area (TPSA) is 48.5 Å². The van der Waals surface area contributed by atoms with Crippen molar-refractivity contribution in [1.82, 2.24) is 9.88 Å². The molecule has 0 saturated carbocycles. The summed E-state index contributed by atoms with van der Waals surface area (Å²) in [5.41, 5.74) is 4.20. The van der Waals surface area contributed by atoms with Gasteiger partial charge in [-0.05, 0) is 43.4 Å². The van der Waals surface area contributed by atoms with Crippen molar-refractivity contribution in [3.8, 4) is 11.3 Å². The Morgan fingerprint density at radius 2 is 1.57 bits per heavy atom. The lowest BCUT2D eigenvalue weighted by atomic mass is 10.1. The molecule has 0 spiro atoms. The summed E-state index contributed by atoms with van der Waals surface area (Å²) >= 11 is 0. The first kappa shape index (κ1) is 18.2. The lowest BCUT2D eigenvalue weighted by Crippen LogP contribution is -2.44. The van der Waals surface area contributed by atoms with Gasteiger partial charge in [-0.25, -0.2) is 4.98 Å². The maximum absolute atomic E-state index is 12.5. The zero-order chi connectivity index (χ0) is 19.3. The maximum Gasteiger partial charge on any atom is 0.274 e. The zero-order valence-electron chi connectivity index (χ0n) is 16.0. The number of piperazine rings is 1. The maximum atomic E-state index is 12.5. The van der Waals surface area contributed by atoms with E-state index in [1.165, 1.54) is 5.69 Å². The second kappa shape index (κ2) is 8.23. The minimum atomic E-state index is -0.206. The van der Waals surface area contributed by atoms with E-state index in [0.29, 0.717) is 5.69 Å². The molecule has 0 atom stereocenters. The molecule has 1 amide bonds. The minimum absolute atomic E-state index is 0.206. The average molecular weight is 372 g/mol. The first-order valence-corrected chi connectivity index (χ1v) is 9.56. The summed E-state index contributed by atoms with van der Waals surface area (Å²) in [6.45, 7) is 4.26. The van der Waals surface area contributed by atoms with E-state index in [-0.39, 0.29) is 5.91 Å². The number of pyridine rings is 1. The fraction of sp³-hybridized carbons (Fsp3) is 0.217. The predicted octanol–water partition coefficient (Wildman–Crippen LogP) is 3.75. The van der Waals surface area contributed by atoms with E-state index >= 15 is 0 Å². The Morgan fingerprint density at radius 3 is 2.29 bits per heavy atom. The molecule has 1 aliphatic heterocycles. The van der Waals surface area contributed by atoms with Crippen LogP contribution >= 0.6 is 0 Å². The molecule has 0 radical (unpaired) electrons. The molecular weight excluding hydrogens is 348 g/mol. The third-order valence-corrected chi connectivity index (χ3v) is 5.04. The molecule has 4 rings (SSSR count). The van der Waals surface area contributed by atoms with E-state index in [2.05, 4.69) is 51.4 Å². The molecule has 28 heavy (non-hydrogen) atoms. The van der Waals surface area contributed by atoms with Gasteiger partial charge in [-0.15, -0.1) is 0 Å². The second-order valence-corrected chi connectivity index (χ2v) is 7.07. The van der Waals surface area contributed by atoms with Crippen LogP contribution in [0.1, 0.15) is 10.5 Å². The molecule has 2 heterocycles. The molecule has 1 aromatic heterocycles. The van der Waals surface area contributed by atoms with Crippen molar-refractivity contribution in [1.29, 1.82) is 0 Å². The number of nitrogens with zero attached hydrogens (tertiary/aromatic N) is 3. The van der Waals surface area contributed by atoms with Gasteiger partial charge in [0, 0.05) is 43.1 Å². The van der Waals surface area contributed by atoms with Crippen molar-refractivity contribution >= 4 is 17.3 Å². The predicted molar refractivity (Wildman–Crippen MR) is 114 cm³/mol. The van der Waals surface area contributed by atoms with E-state index in [4.69, 9.17) is 0 Å². The van der Waals surface area contributed by atoms with Crippen LogP contribution in [-0.2, 0) is 0 Å². The van der Waals surface area contributed by atoms with Gasteiger partial charge in [0.25, 0.3) is 5.91 Å². The third-order valence-electron chi connectivity index (χ3n) is 5.04. The smallest absolute Gasteiger partial charge is 0.274 e. The minimum Gasteiger partial charge on any atom is -0.369 e. The van der Waals surface area contributed by atoms with Gasteiger partial charge in [0.1, 0.15) is 5.69 Å². The Bertz CT molecular complexity index is 932. The van der Waals surface area contributed by atoms with Gasteiger partial charge in [-0.2, -0.15) is 0 Å². The monoisotopic (exact) mass is 372 g/mol. The average Bonchev–Trinajstić information content (AvgIpc) is 2.75. The largest absolute Gasteiger partial charge is 0.369 e. The standard InChI is InChI=1S/C23H24N4O/c1-26-14-16-27(17-15-26)20-12-10-18(11-13-20)21-8-5-9-22(25-21)23(28)24-19-6-3-2-4-7-19/h2-13H,14-17H2,1H3,(H,24,28). The molecule has 3 aromatic rings. The van der Waals surface area contributed by atoms with Gasteiger partial charge < -0.3 is 15.1 Å². The number of carbonyl (C=O) groups is 1. The number of hydrogen-bond donors (Lipinski definition) is 1. The number of aromatic nitrogens is 1. The number of nitrogens with one attached hydrogen (secondary N) is 1. The number of para-hydroxylation sites is 1. The first-order valence-electron chi connectivity index (χ1n) is 9.56. The molecule has 142 valence electrons. The van der Waals surface area contributed by atoms with Crippen molar-refractivity contribution in [2.24, 2.45) is 0 Å². The van der Waals surface area contributed by atoms with E-state index in [9.17, 15) is 4.79 Å². The summed E-state index contributed by atoms with van der Waals surface area (Å²) in [7, 11) is 2.16. The SMILES string of the molecule is CN1CCN(c2ccc(-c3cccc(C(=O)Nc4ccccc4)n3)cc2)CC1. The molecule has 2 aromatic carbocycles. The summed E-state index contributed by atoms with van der Waals surface area (Å²) in [5, 5.41) is 2.88. The van der Waals surface area contributed by atoms with E-state index in [1.807, 2.05) is 42.5 Å². The van der Waals surface area contributed by atoms with E-state index in [0.717, 1.165) is 43.1 Å². The number of amides is 1. The van der Waals surface area contributed by atoms with Crippen molar-refractivity contribution in [3.63, 3.8) is 0 Å². The Hall–Kier alpha value is -3.18. The van der Waals surface area contributed by atoms with Crippen LogP contribution in [0.3, 0.4) is 0 Å². The number of benzene rings is 2. The van der Waals surface area contributed by atoms with E-state index in [1.54, 1.807) is 6.07 Å². The van der Waals surface area contributed by atoms with Crippen LogP contribution in [0.4, 0.5) is 11.4 Å². The third kappa shape index (κ3) is 4.21. The summed E-state index contributed by atoms with van der Waals surface area (Å²) < 4.78 is 0. The summed E-state index contributed by atoms with van der Waals surface area (Å²) in [4.78, 5) is 21.8. The molecule has 1 N–H and O–H groups in total. The van der Waals surface area contributed by atoms with Crippen LogP contribution < -0.4 is 10.2 Å².